The first-order chi connectivity index (χ1) is 8.57. The molecule has 4 heteroatoms. The molecule has 0 spiro atoms. The average molecular weight is 282 g/mol. The Morgan fingerprint density at radius 3 is 2.63 bits per heavy atom. The van der Waals surface area contributed by atoms with Crippen molar-refractivity contribution in [1.29, 1.82) is 0 Å². The largest absolute Gasteiger partial charge is 0.387 e. The highest BCUT2D eigenvalue weighted by Gasteiger charge is 2.34. The first-order valence-corrected chi connectivity index (χ1v) is 7.78. The predicted octanol–water partition coefficient (Wildman–Crippen LogP) is 3.63. The summed E-state index contributed by atoms with van der Waals surface area (Å²) < 4.78 is 0. The third kappa shape index (κ3) is 3.48. The number of hydrogen-bond donors (Lipinski definition) is 1. The van der Waals surface area contributed by atoms with Crippen molar-refractivity contribution in [1.82, 2.24) is 4.98 Å². The van der Waals surface area contributed by atoms with E-state index in [0.717, 1.165) is 35.1 Å². The van der Waals surface area contributed by atoms with Gasteiger partial charge in [0.05, 0.1) is 16.7 Å². The van der Waals surface area contributed by atoms with Crippen molar-refractivity contribution < 1.29 is 5.11 Å². The van der Waals surface area contributed by atoms with Crippen molar-refractivity contribution in [3.05, 3.63) is 10.6 Å². The Hall–Kier alpha value is -0.610. The lowest BCUT2D eigenvalue weighted by Crippen LogP contribution is -2.29. The predicted molar refractivity (Wildman–Crippen MR) is 81.9 cm³/mol. The normalized spacial score (nSPS) is 22.2. The summed E-state index contributed by atoms with van der Waals surface area (Å²) >= 11 is 1.66. The summed E-state index contributed by atoms with van der Waals surface area (Å²) in [6.07, 6.45) is 1.47. The Balaban J connectivity index is 2.23. The average Bonchev–Trinajstić information content (AvgIpc) is 2.56. The highest BCUT2D eigenvalue weighted by molar-refractivity contribution is 7.15. The van der Waals surface area contributed by atoms with Crippen LogP contribution in [0.25, 0.3) is 0 Å². The van der Waals surface area contributed by atoms with E-state index < -0.39 is 0 Å². The fraction of sp³-hybridized carbons (Fsp3) is 0.800. The van der Waals surface area contributed by atoms with Gasteiger partial charge in [0.2, 0.25) is 0 Å². The third-order valence-corrected chi connectivity index (χ3v) is 4.76. The molecule has 0 radical (unpaired) electrons. The topological polar surface area (TPSA) is 36.4 Å². The highest BCUT2D eigenvalue weighted by atomic mass is 32.1. The Morgan fingerprint density at radius 1 is 1.42 bits per heavy atom. The number of anilines is 1. The SMILES string of the molecule is CN(CC(C)(C)C)c1nc2c(s1)C(O)CC(C)(C)C2. The van der Waals surface area contributed by atoms with Gasteiger partial charge in [-0.15, -0.1) is 0 Å². The minimum absolute atomic E-state index is 0.153. The maximum atomic E-state index is 10.3. The number of aliphatic hydroxyl groups is 1. The number of aromatic nitrogens is 1. The first-order valence-electron chi connectivity index (χ1n) is 6.96. The molecule has 1 aliphatic carbocycles. The Morgan fingerprint density at radius 2 is 2.05 bits per heavy atom. The Labute approximate surface area is 120 Å². The van der Waals surface area contributed by atoms with Crippen LogP contribution in [-0.4, -0.2) is 23.7 Å². The van der Waals surface area contributed by atoms with E-state index in [2.05, 4.69) is 46.6 Å². The van der Waals surface area contributed by atoms with E-state index >= 15 is 0 Å². The van der Waals surface area contributed by atoms with Crippen LogP contribution in [0, 0.1) is 10.8 Å². The molecule has 1 N–H and O–H groups in total. The van der Waals surface area contributed by atoms with Gasteiger partial charge in [0.15, 0.2) is 5.13 Å². The van der Waals surface area contributed by atoms with E-state index in [1.165, 1.54) is 0 Å². The zero-order valence-electron chi connectivity index (χ0n) is 12.9. The lowest BCUT2D eigenvalue weighted by atomic mass is 9.77. The summed E-state index contributed by atoms with van der Waals surface area (Å²) in [6, 6.07) is 0. The third-order valence-electron chi connectivity index (χ3n) is 3.45. The Bertz CT molecular complexity index is 459. The molecule has 0 aromatic carbocycles. The van der Waals surface area contributed by atoms with Gasteiger partial charge in [-0.05, 0) is 23.7 Å². The van der Waals surface area contributed by atoms with Gasteiger partial charge in [-0.3, -0.25) is 0 Å². The van der Waals surface area contributed by atoms with Gasteiger partial charge in [-0.2, -0.15) is 0 Å². The molecule has 1 unspecified atom stereocenters. The van der Waals surface area contributed by atoms with Crippen LogP contribution in [0.2, 0.25) is 0 Å². The molecule has 0 fully saturated rings. The first kappa shape index (κ1) is 14.8. The molecule has 1 aliphatic rings. The summed E-state index contributed by atoms with van der Waals surface area (Å²) in [7, 11) is 2.09. The molecule has 3 nitrogen and oxygen atoms in total. The van der Waals surface area contributed by atoms with Crippen LogP contribution >= 0.6 is 11.3 Å². The van der Waals surface area contributed by atoms with Gasteiger partial charge in [-0.1, -0.05) is 46.0 Å². The van der Waals surface area contributed by atoms with E-state index in [-0.39, 0.29) is 16.9 Å². The molecule has 0 aliphatic heterocycles. The van der Waals surface area contributed by atoms with E-state index in [9.17, 15) is 5.11 Å². The van der Waals surface area contributed by atoms with Crippen LogP contribution in [0.4, 0.5) is 5.13 Å². The van der Waals surface area contributed by atoms with Crippen LogP contribution in [-0.2, 0) is 6.42 Å². The van der Waals surface area contributed by atoms with Gasteiger partial charge >= 0.3 is 0 Å². The van der Waals surface area contributed by atoms with Crippen molar-refractivity contribution >= 4 is 16.5 Å². The monoisotopic (exact) mass is 282 g/mol. The standard InChI is InChI=1S/C15H26N2OS/c1-14(2,3)9-17(6)13-16-10-7-15(4,5)8-11(18)12(10)19-13/h11,18H,7-9H2,1-6H3. The minimum atomic E-state index is -0.340. The molecule has 1 aromatic rings. The molecule has 1 aromatic heterocycles. The number of rotatable bonds is 2. The molecule has 19 heavy (non-hydrogen) atoms. The molecule has 1 atom stereocenters. The van der Waals surface area contributed by atoms with Crippen LogP contribution in [0.5, 0.6) is 0 Å². The van der Waals surface area contributed by atoms with Crippen molar-refractivity contribution in [3.8, 4) is 0 Å². The Kier molecular flexibility index (Phi) is 3.69. The summed E-state index contributed by atoms with van der Waals surface area (Å²) in [4.78, 5) is 8.06. The van der Waals surface area contributed by atoms with Crippen LogP contribution in [0.15, 0.2) is 0 Å². The van der Waals surface area contributed by atoms with Crippen molar-refractivity contribution in [3.63, 3.8) is 0 Å². The zero-order chi connectivity index (χ0) is 14.4. The van der Waals surface area contributed by atoms with E-state index in [4.69, 9.17) is 4.98 Å². The van der Waals surface area contributed by atoms with Gasteiger partial charge < -0.3 is 10.0 Å². The number of fused-ring (bicyclic) bond motifs is 1. The van der Waals surface area contributed by atoms with Crippen LogP contribution < -0.4 is 4.90 Å². The zero-order valence-corrected chi connectivity index (χ0v) is 13.8. The second-order valence-electron chi connectivity index (χ2n) is 7.79. The summed E-state index contributed by atoms with van der Waals surface area (Å²) in [5.41, 5.74) is 1.50. The van der Waals surface area contributed by atoms with Gasteiger partial charge in [0.1, 0.15) is 0 Å². The minimum Gasteiger partial charge on any atom is -0.387 e. The molecule has 0 saturated heterocycles. The van der Waals surface area contributed by atoms with Crippen molar-refractivity contribution in [2.75, 3.05) is 18.5 Å². The van der Waals surface area contributed by atoms with Crippen LogP contribution in [0.1, 0.15) is 57.7 Å². The molecule has 2 rings (SSSR count). The van der Waals surface area contributed by atoms with Gasteiger partial charge in [0, 0.05) is 13.6 Å². The number of aliphatic hydroxyl groups excluding tert-OH is 1. The quantitative estimate of drug-likeness (QED) is 0.900. The van der Waals surface area contributed by atoms with Crippen LogP contribution in [0.3, 0.4) is 0 Å². The molecule has 1 heterocycles. The fourth-order valence-electron chi connectivity index (χ4n) is 2.82. The summed E-state index contributed by atoms with van der Waals surface area (Å²) in [5.74, 6) is 0. The molecular weight excluding hydrogens is 256 g/mol. The lowest BCUT2D eigenvalue weighted by Gasteiger charge is -2.31. The van der Waals surface area contributed by atoms with E-state index in [0.29, 0.717) is 0 Å². The highest BCUT2D eigenvalue weighted by Crippen LogP contribution is 2.44. The summed E-state index contributed by atoms with van der Waals surface area (Å²) in [6.45, 7) is 12.1. The van der Waals surface area contributed by atoms with Crippen molar-refractivity contribution in [2.24, 2.45) is 10.8 Å². The number of hydrogen-bond acceptors (Lipinski definition) is 4. The lowest BCUT2D eigenvalue weighted by molar-refractivity contribution is 0.102. The molecule has 0 saturated carbocycles. The maximum Gasteiger partial charge on any atom is 0.185 e. The second-order valence-corrected chi connectivity index (χ2v) is 8.79. The number of thiazole rings is 1. The molecule has 0 amide bonds. The molecule has 0 bridgehead atoms. The smallest absolute Gasteiger partial charge is 0.185 e. The second kappa shape index (κ2) is 4.74. The van der Waals surface area contributed by atoms with E-state index in [1.54, 1.807) is 11.3 Å². The van der Waals surface area contributed by atoms with Gasteiger partial charge in [-0.25, -0.2) is 4.98 Å². The number of nitrogens with zero attached hydrogens (tertiary/aromatic N) is 2. The maximum absolute atomic E-state index is 10.3. The molecular formula is C15H26N2OS. The van der Waals surface area contributed by atoms with Crippen molar-refractivity contribution in [2.45, 2.75) is 53.6 Å². The van der Waals surface area contributed by atoms with E-state index in [1.807, 2.05) is 0 Å². The van der Waals surface area contributed by atoms with Gasteiger partial charge in [0.25, 0.3) is 0 Å². The fourth-order valence-corrected chi connectivity index (χ4v) is 3.85. The summed E-state index contributed by atoms with van der Waals surface area (Å²) in [5, 5.41) is 11.3. The molecule has 108 valence electrons.